The van der Waals surface area contributed by atoms with Crippen LogP contribution in [0.1, 0.15) is 44.7 Å². The maximum absolute atomic E-state index is 11.1. The van der Waals surface area contributed by atoms with E-state index in [9.17, 15) is 15.2 Å². The highest BCUT2D eigenvalue weighted by molar-refractivity contribution is 5.48. The largest absolute Gasteiger partial charge is 0.485 e. The van der Waals surface area contributed by atoms with E-state index in [0.717, 1.165) is 31.5 Å². The van der Waals surface area contributed by atoms with Crippen LogP contribution < -0.4 is 4.74 Å². The first kappa shape index (κ1) is 15.2. The van der Waals surface area contributed by atoms with Gasteiger partial charge in [-0.1, -0.05) is 6.42 Å². The summed E-state index contributed by atoms with van der Waals surface area (Å²) < 4.78 is 5.89. The van der Waals surface area contributed by atoms with Gasteiger partial charge in [-0.25, -0.2) is 0 Å². The average Bonchev–Trinajstić information content (AvgIpc) is 2.48. The van der Waals surface area contributed by atoms with E-state index >= 15 is 0 Å². The topological polar surface area (TPSA) is 75.8 Å². The molecule has 6 heteroatoms. The van der Waals surface area contributed by atoms with Crippen LogP contribution in [0.5, 0.6) is 5.75 Å². The fourth-order valence-electron chi connectivity index (χ4n) is 3.46. The van der Waals surface area contributed by atoms with Gasteiger partial charge in [-0.05, 0) is 45.8 Å². The second kappa shape index (κ2) is 5.52. The Bertz CT molecular complexity index is 582. The standard InChI is InChI=1S/C16H22N2O4/c1-16(2)15(19)14(17-8-4-3-5-9-17)12-10-11(18(20)21)6-7-13(12)22-16/h6-7,10,14-15,19H,3-5,8-9H2,1-2H3. The minimum atomic E-state index is -0.722. The van der Waals surface area contributed by atoms with E-state index in [1.807, 2.05) is 13.8 Å². The normalized spacial score (nSPS) is 27.8. The van der Waals surface area contributed by atoms with Crippen molar-refractivity contribution < 1.29 is 14.8 Å². The van der Waals surface area contributed by atoms with E-state index in [0.29, 0.717) is 5.75 Å². The minimum Gasteiger partial charge on any atom is -0.485 e. The Morgan fingerprint density at radius 2 is 2.00 bits per heavy atom. The number of fused-ring (bicyclic) bond motifs is 1. The molecule has 0 aromatic heterocycles. The summed E-state index contributed by atoms with van der Waals surface area (Å²) in [5, 5.41) is 21.9. The molecule has 120 valence electrons. The zero-order chi connectivity index (χ0) is 15.9. The monoisotopic (exact) mass is 306 g/mol. The molecule has 1 N–H and O–H groups in total. The van der Waals surface area contributed by atoms with E-state index in [-0.39, 0.29) is 11.7 Å². The molecule has 22 heavy (non-hydrogen) atoms. The van der Waals surface area contributed by atoms with Crippen LogP contribution in [0.25, 0.3) is 0 Å². The van der Waals surface area contributed by atoms with Crippen LogP contribution in [0.15, 0.2) is 18.2 Å². The molecule has 3 rings (SSSR count). The van der Waals surface area contributed by atoms with Gasteiger partial charge in [0.2, 0.25) is 0 Å². The van der Waals surface area contributed by atoms with Gasteiger partial charge in [0.1, 0.15) is 17.5 Å². The van der Waals surface area contributed by atoms with Gasteiger partial charge in [-0.3, -0.25) is 15.0 Å². The van der Waals surface area contributed by atoms with Crippen LogP contribution in [0, 0.1) is 10.1 Å². The lowest BCUT2D eigenvalue weighted by Gasteiger charge is -2.47. The first-order chi connectivity index (χ1) is 10.4. The third-order valence-corrected chi connectivity index (χ3v) is 4.69. The molecule has 1 aromatic carbocycles. The van der Waals surface area contributed by atoms with Crippen LogP contribution in [-0.2, 0) is 0 Å². The lowest BCUT2D eigenvalue weighted by atomic mass is 9.84. The van der Waals surface area contributed by atoms with E-state index in [1.54, 1.807) is 12.1 Å². The molecule has 1 aromatic rings. The summed E-state index contributed by atoms with van der Waals surface area (Å²) in [6.45, 7) is 5.53. The maximum atomic E-state index is 11.1. The second-order valence-corrected chi connectivity index (χ2v) is 6.67. The quantitative estimate of drug-likeness (QED) is 0.671. The maximum Gasteiger partial charge on any atom is 0.270 e. The summed E-state index contributed by atoms with van der Waals surface area (Å²) in [6.07, 6.45) is 2.66. The molecule has 1 saturated heterocycles. The van der Waals surface area contributed by atoms with Gasteiger partial charge in [-0.2, -0.15) is 0 Å². The molecular weight excluding hydrogens is 284 g/mol. The molecule has 0 saturated carbocycles. The molecule has 0 radical (unpaired) electrons. The summed E-state index contributed by atoms with van der Waals surface area (Å²) in [4.78, 5) is 12.9. The van der Waals surface area contributed by atoms with Gasteiger partial charge in [0.05, 0.1) is 11.0 Å². The van der Waals surface area contributed by atoms with E-state index in [4.69, 9.17) is 4.74 Å². The fourth-order valence-corrected chi connectivity index (χ4v) is 3.46. The number of benzene rings is 1. The Kier molecular flexibility index (Phi) is 3.82. The first-order valence-corrected chi connectivity index (χ1v) is 7.79. The van der Waals surface area contributed by atoms with Crippen LogP contribution >= 0.6 is 0 Å². The number of aliphatic hydroxyl groups excluding tert-OH is 1. The number of aliphatic hydroxyl groups is 1. The molecule has 2 heterocycles. The van der Waals surface area contributed by atoms with Gasteiger partial charge in [0.15, 0.2) is 0 Å². The Morgan fingerprint density at radius 1 is 1.32 bits per heavy atom. The third kappa shape index (κ3) is 2.57. The van der Waals surface area contributed by atoms with Crippen molar-refractivity contribution in [1.29, 1.82) is 0 Å². The van der Waals surface area contributed by atoms with E-state index < -0.39 is 16.6 Å². The number of hydrogen-bond donors (Lipinski definition) is 1. The highest BCUT2D eigenvalue weighted by atomic mass is 16.6. The van der Waals surface area contributed by atoms with Crippen molar-refractivity contribution in [3.05, 3.63) is 33.9 Å². The molecule has 2 aliphatic rings. The number of non-ortho nitro benzene ring substituents is 1. The van der Waals surface area contributed by atoms with E-state index in [2.05, 4.69) is 4.90 Å². The molecular formula is C16H22N2O4. The Morgan fingerprint density at radius 3 is 2.64 bits per heavy atom. The number of nitro benzene ring substituents is 1. The molecule has 0 amide bonds. The molecule has 2 aliphatic heterocycles. The van der Waals surface area contributed by atoms with Crippen LogP contribution in [-0.4, -0.2) is 39.7 Å². The summed E-state index contributed by atoms with van der Waals surface area (Å²) in [6, 6.07) is 4.41. The molecule has 0 spiro atoms. The Labute approximate surface area is 129 Å². The predicted octanol–water partition coefficient (Wildman–Crippen LogP) is 2.65. The lowest BCUT2D eigenvalue weighted by Crippen LogP contribution is -2.54. The van der Waals surface area contributed by atoms with Gasteiger partial charge < -0.3 is 9.84 Å². The summed E-state index contributed by atoms with van der Waals surface area (Å²) in [5.41, 5.74) is 0.0461. The molecule has 2 unspecified atom stereocenters. The van der Waals surface area contributed by atoms with Crippen molar-refractivity contribution in [1.82, 2.24) is 4.90 Å². The number of likely N-dealkylation sites (tertiary alicyclic amines) is 1. The summed E-state index contributed by atoms with van der Waals surface area (Å²) in [7, 11) is 0. The van der Waals surface area contributed by atoms with Gasteiger partial charge in [0, 0.05) is 17.7 Å². The number of rotatable bonds is 2. The van der Waals surface area contributed by atoms with Crippen molar-refractivity contribution in [2.75, 3.05) is 13.1 Å². The van der Waals surface area contributed by atoms with Gasteiger partial charge in [0.25, 0.3) is 5.69 Å². The number of nitro groups is 1. The van der Waals surface area contributed by atoms with Crippen LogP contribution in [0.2, 0.25) is 0 Å². The van der Waals surface area contributed by atoms with Gasteiger partial charge in [-0.15, -0.1) is 0 Å². The highest BCUT2D eigenvalue weighted by Gasteiger charge is 2.46. The zero-order valence-electron chi connectivity index (χ0n) is 13.0. The smallest absolute Gasteiger partial charge is 0.270 e. The van der Waals surface area contributed by atoms with E-state index in [1.165, 1.54) is 12.5 Å². The van der Waals surface area contributed by atoms with Crippen molar-refractivity contribution in [2.24, 2.45) is 0 Å². The summed E-state index contributed by atoms with van der Waals surface area (Å²) >= 11 is 0. The Hall–Kier alpha value is -1.66. The molecule has 6 nitrogen and oxygen atoms in total. The number of piperidine rings is 1. The molecule has 2 atom stereocenters. The van der Waals surface area contributed by atoms with Crippen molar-refractivity contribution in [3.63, 3.8) is 0 Å². The molecule has 0 aliphatic carbocycles. The van der Waals surface area contributed by atoms with Crippen molar-refractivity contribution in [3.8, 4) is 5.75 Å². The SMILES string of the molecule is CC1(C)Oc2ccc([N+](=O)[O-])cc2C(N2CCCCC2)C1O. The number of ether oxygens (including phenoxy) is 1. The number of hydrogen-bond acceptors (Lipinski definition) is 5. The van der Waals surface area contributed by atoms with Gasteiger partial charge >= 0.3 is 0 Å². The first-order valence-electron chi connectivity index (χ1n) is 7.79. The fraction of sp³-hybridized carbons (Fsp3) is 0.625. The summed E-state index contributed by atoms with van der Waals surface area (Å²) in [5.74, 6) is 0.636. The van der Waals surface area contributed by atoms with Crippen molar-refractivity contribution >= 4 is 5.69 Å². The Balaban J connectivity index is 2.06. The molecule has 1 fully saturated rings. The van der Waals surface area contributed by atoms with Crippen LogP contribution in [0.3, 0.4) is 0 Å². The second-order valence-electron chi connectivity index (χ2n) is 6.67. The average molecular weight is 306 g/mol. The van der Waals surface area contributed by atoms with Crippen LogP contribution in [0.4, 0.5) is 5.69 Å². The third-order valence-electron chi connectivity index (χ3n) is 4.69. The number of nitrogens with zero attached hydrogens (tertiary/aromatic N) is 2. The highest BCUT2D eigenvalue weighted by Crippen LogP contribution is 2.44. The minimum absolute atomic E-state index is 0.0382. The lowest BCUT2D eigenvalue weighted by molar-refractivity contribution is -0.385. The zero-order valence-corrected chi connectivity index (χ0v) is 13.0. The van der Waals surface area contributed by atoms with Crippen molar-refractivity contribution in [2.45, 2.75) is 50.9 Å². The molecule has 0 bridgehead atoms. The predicted molar refractivity (Wildman–Crippen MR) is 82.0 cm³/mol.